The van der Waals surface area contributed by atoms with Crippen LogP contribution in [0.5, 0.6) is 0 Å². The number of nitrogens with one attached hydrogen (secondary N) is 2. The summed E-state index contributed by atoms with van der Waals surface area (Å²) >= 11 is 0. The average molecular weight is 168 g/mol. The molecule has 1 amide bonds. The molecule has 0 atom stereocenters. The smallest absolute Gasteiger partial charge is 0.234 e. The maximum Gasteiger partial charge on any atom is 0.234 e. The SMILES string of the molecule is C#CCNC(=O)CNC(C)(C)C. The van der Waals surface area contributed by atoms with Gasteiger partial charge < -0.3 is 10.6 Å². The van der Waals surface area contributed by atoms with Gasteiger partial charge in [-0.3, -0.25) is 4.79 Å². The molecule has 0 rings (SSSR count). The standard InChI is InChI=1S/C9H16N2O/c1-5-6-10-8(12)7-11-9(2,3)4/h1,11H,6-7H2,2-4H3,(H,10,12). The highest BCUT2D eigenvalue weighted by Gasteiger charge is 2.10. The molecule has 68 valence electrons. The predicted molar refractivity (Wildman–Crippen MR) is 49.6 cm³/mol. The van der Waals surface area contributed by atoms with E-state index in [0.717, 1.165) is 0 Å². The van der Waals surface area contributed by atoms with Crippen LogP contribution in [0, 0.1) is 12.3 Å². The van der Waals surface area contributed by atoms with Crippen LogP contribution in [0.2, 0.25) is 0 Å². The van der Waals surface area contributed by atoms with Gasteiger partial charge in [0.1, 0.15) is 0 Å². The van der Waals surface area contributed by atoms with E-state index < -0.39 is 0 Å². The van der Waals surface area contributed by atoms with E-state index in [1.807, 2.05) is 20.8 Å². The van der Waals surface area contributed by atoms with Gasteiger partial charge in [0.2, 0.25) is 5.91 Å². The van der Waals surface area contributed by atoms with Crippen LogP contribution in [0.1, 0.15) is 20.8 Å². The summed E-state index contributed by atoms with van der Waals surface area (Å²) in [6, 6.07) is 0. The fourth-order valence-electron chi connectivity index (χ4n) is 0.558. The van der Waals surface area contributed by atoms with Crippen molar-refractivity contribution in [2.24, 2.45) is 0 Å². The van der Waals surface area contributed by atoms with E-state index in [9.17, 15) is 4.79 Å². The van der Waals surface area contributed by atoms with Crippen LogP contribution in [0.25, 0.3) is 0 Å². The van der Waals surface area contributed by atoms with E-state index in [1.165, 1.54) is 0 Å². The number of terminal acetylenes is 1. The van der Waals surface area contributed by atoms with Crippen molar-refractivity contribution in [1.82, 2.24) is 10.6 Å². The van der Waals surface area contributed by atoms with E-state index in [0.29, 0.717) is 13.1 Å². The largest absolute Gasteiger partial charge is 0.344 e. The first-order chi connectivity index (χ1) is 5.45. The van der Waals surface area contributed by atoms with E-state index >= 15 is 0 Å². The third kappa shape index (κ3) is 7.10. The average Bonchev–Trinajstić information content (AvgIpc) is 1.95. The second kappa shape index (κ2) is 4.78. The molecular weight excluding hydrogens is 152 g/mol. The highest BCUT2D eigenvalue weighted by molar-refractivity contribution is 5.78. The molecule has 0 aromatic carbocycles. The van der Waals surface area contributed by atoms with Gasteiger partial charge in [0, 0.05) is 5.54 Å². The summed E-state index contributed by atoms with van der Waals surface area (Å²) in [5, 5.41) is 5.62. The van der Waals surface area contributed by atoms with Crippen LogP contribution in [0.15, 0.2) is 0 Å². The van der Waals surface area contributed by atoms with Crippen molar-refractivity contribution in [2.75, 3.05) is 13.1 Å². The topological polar surface area (TPSA) is 41.1 Å². The Labute approximate surface area is 73.9 Å². The lowest BCUT2D eigenvalue weighted by Gasteiger charge is -2.19. The molecule has 0 saturated carbocycles. The van der Waals surface area contributed by atoms with Gasteiger partial charge in [0.05, 0.1) is 13.1 Å². The molecule has 3 nitrogen and oxygen atoms in total. The highest BCUT2D eigenvalue weighted by atomic mass is 16.1. The summed E-state index contributed by atoms with van der Waals surface area (Å²) in [5.74, 6) is 2.27. The fraction of sp³-hybridized carbons (Fsp3) is 0.667. The van der Waals surface area contributed by atoms with E-state index in [-0.39, 0.29) is 11.4 Å². The number of carbonyl (C=O) groups is 1. The Bertz CT molecular complexity index is 186. The monoisotopic (exact) mass is 168 g/mol. The van der Waals surface area contributed by atoms with Crippen LogP contribution < -0.4 is 10.6 Å². The van der Waals surface area contributed by atoms with E-state index in [4.69, 9.17) is 6.42 Å². The van der Waals surface area contributed by atoms with Crippen LogP contribution in [-0.4, -0.2) is 24.5 Å². The fourth-order valence-corrected chi connectivity index (χ4v) is 0.558. The molecule has 0 radical (unpaired) electrons. The Kier molecular flexibility index (Phi) is 4.38. The molecule has 12 heavy (non-hydrogen) atoms. The van der Waals surface area contributed by atoms with Gasteiger partial charge >= 0.3 is 0 Å². The molecule has 0 bridgehead atoms. The second-order valence-electron chi connectivity index (χ2n) is 3.58. The molecule has 0 aromatic rings. The number of hydrogen-bond donors (Lipinski definition) is 2. The van der Waals surface area contributed by atoms with Crippen LogP contribution >= 0.6 is 0 Å². The minimum atomic E-state index is -0.0668. The Morgan fingerprint density at radius 1 is 1.50 bits per heavy atom. The number of carbonyl (C=O) groups excluding carboxylic acids is 1. The van der Waals surface area contributed by atoms with Crippen molar-refractivity contribution in [3.63, 3.8) is 0 Å². The lowest BCUT2D eigenvalue weighted by Crippen LogP contribution is -2.43. The lowest BCUT2D eigenvalue weighted by molar-refractivity contribution is -0.120. The van der Waals surface area contributed by atoms with Crippen molar-refractivity contribution in [3.8, 4) is 12.3 Å². The molecular formula is C9H16N2O. The molecule has 0 unspecified atom stereocenters. The zero-order valence-corrected chi connectivity index (χ0v) is 7.90. The van der Waals surface area contributed by atoms with Crippen molar-refractivity contribution in [1.29, 1.82) is 0 Å². The molecule has 0 heterocycles. The third-order valence-electron chi connectivity index (χ3n) is 1.17. The molecule has 0 fully saturated rings. The van der Waals surface area contributed by atoms with Gasteiger partial charge in [-0.05, 0) is 20.8 Å². The number of rotatable bonds is 3. The summed E-state index contributed by atoms with van der Waals surface area (Å²) < 4.78 is 0. The minimum absolute atomic E-state index is 0.0342. The Morgan fingerprint density at radius 2 is 2.08 bits per heavy atom. The maximum atomic E-state index is 11.0. The quantitative estimate of drug-likeness (QED) is 0.588. The number of hydrogen-bond acceptors (Lipinski definition) is 2. The summed E-state index contributed by atoms with van der Waals surface area (Å²) in [4.78, 5) is 11.0. The predicted octanol–water partition coefficient (Wildman–Crippen LogP) is 0.124. The van der Waals surface area contributed by atoms with Crippen molar-refractivity contribution in [2.45, 2.75) is 26.3 Å². The summed E-state index contributed by atoms with van der Waals surface area (Å²) in [6.45, 7) is 6.61. The maximum absolute atomic E-state index is 11.0. The van der Waals surface area contributed by atoms with Crippen LogP contribution in [0.4, 0.5) is 0 Å². The van der Waals surface area contributed by atoms with Crippen molar-refractivity contribution >= 4 is 5.91 Å². The first-order valence-corrected chi connectivity index (χ1v) is 3.91. The molecule has 0 aliphatic rings. The molecule has 0 aliphatic carbocycles. The molecule has 0 aromatic heterocycles. The summed E-state index contributed by atoms with van der Waals surface area (Å²) in [5.41, 5.74) is -0.0342. The molecule has 2 N–H and O–H groups in total. The van der Waals surface area contributed by atoms with Gasteiger partial charge in [0.25, 0.3) is 0 Å². The molecule has 0 aliphatic heterocycles. The van der Waals surface area contributed by atoms with Crippen molar-refractivity contribution < 1.29 is 4.79 Å². The van der Waals surface area contributed by atoms with E-state index in [1.54, 1.807) is 0 Å². The molecule has 3 heteroatoms. The van der Waals surface area contributed by atoms with Gasteiger partial charge in [-0.15, -0.1) is 6.42 Å². The molecule has 0 spiro atoms. The van der Waals surface area contributed by atoms with Crippen LogP contribution in [0.3, 0.4) is 0 Å². The third-order valence-corrected chi connectivity index (χ3v) is 1.17. The zero-order valence-electron chi connectivity index (χ0n) is 7.90. The van der Waals surface area contributed by atoms with Crippen LogP contribution in [-0.2, 0) is 4.79 Å². The normalized spacial score (nSPS) is 10.5. The highest BCUT2D eigenvalue weighted by Crippen LogP contribution is 1.96. The molecule has 0 saturated heterocycles. The van der Waals surface area contributed by atoms with Gasteiger partial charge in [-0.25, -0.2) is 0 Å². The Morgan fingerprint density at radius 3 is 2.50 bits per heavy atom. The van der Waals surface area contributed by atoms with Crippen molar-refractivity contribution in [3.05, 3.63) is 0 Å². The van der Waals surface area contributed by atoms with Gasteiger partial charge in [-0.2, -0.15) is 0 Å². The van der Waals surface area contributed by atoms with E-state index in [2.05, 4.69) is 16.6 Å². The zero-order chi connectivity index (χ0) is 9.61. The Hall–Kier alpha value is -1.01. The first-order valence-electron chi connectivity index (χ1n) is 3.91. The number of amides is 1. The summed E-state index contributed by atoms with van der Waals surface area (Å²) in [6.07, 6.45) is 4.97. The summed E-state index contributed by atoms with van der Waals surface area (Å²) in [7, 11) is 0. The minimum Gasteiger partial charge on any atom is -0.344 e. The first kappa shape index (κ1) is 11.0. The lowest BCUT2D eigenvalue weighted by atomic mass is 10.1. The Balaban J connectivity index is 3.53. The van der Waals surface area contributed by atoms with Gasteiger partial charge in [-0.1, -0.05) is 5.92 Å². The van der Waals surface area contributed by atoms with Gasteiger partial charge in [0.15, 0.2) is 0 Å². The second-order valence-corrected chi connectivity index (χ2v) is 3.58.